The Morgan fingerprint density at radius 2 is 2.17 bits per heavy atom. The number of hydrogen-bond acceptors (Lipinski definition) is 4. The summed E-state index contributed by atoms with van der Waals surface area (Å²) in [5.74, 6) is -0.116. The fraction of sp³-hybridized carbons (Fsp3) is 0.412. The first-order valence-corrected chi connectivity index (χ1v) is 9.07. The second kappa shape index (κ2) is 7.43. The molecule has 0 aliphatic carbocycles. The van der Waals surface area contributed by atoms with Gasteiger partial charge in [0.15, 0.2) is 0 Å². The molecule has 1 aliphatic heterocycles. The van der Waals surface area contributed by atoms with Crippen LogP contribution in [-0.4, -0.2) is 35.4 Å². The van der Waals surface area contributed by atoms with Gasteiger partial charge in [-0.15, -0.1) is 11.3 Å². The Morgan fingerprint density at radius 1 is 1.39 bits per heavy atom. The largest absolute Gasteiger partial charge is 0.321 e. The minimum atomic E-state index is -0.116. The van der Waals surface area contributed by atoms with Gasteiger partial charge in [-0.3, -0.25) is 4.79 Å². The highest BCUT2D eigenvalue weighted by molar-refractivity contribution is 7.13. The number of amides is 1. The zero-order valence-electron chi connectivity index (χ0n) is 13.1. The Hall–Kier alpha value is -1.43. The van der Waals surface area contributed by atoms with Gasteiger partial charge >= 0.3 is 0 Å². The Bertz CT molecular complexity index is 695. The van der Waals surface area contributed by atoms with Gasteiger partial charge < -0.3 is 10.2 Å². The van der Waals surface area contributed by atoms with E-state index in [2.05, 4.69) is 15.2 Å². The fourth-order valence-corrected chi connectivity index (χ4v) is 3.92. The maximum Gasteiger partial charge on any atom is 0.267 e. The zero-order chi connectivity index (χ0) is 16.2. The number of likely N-dealkylation sites (tertiary alicyclic amines) is 1. The lowest BCUT2D eigenvalue weighted by Crippen LogP contribution is -2.21. The Balaban J connectivity index is 1.63. The van der Waals surface area contributed by atoms with Crippen molar-refractivity contribution in [3.05, 3.63) is 44.9 Å². The molecule has 3 rings (SSSR count). The van der Waals surface area contributed by atoms with Crippen LogP contribution in [0.2, 0.25) is 5.02 Å². The molecule has 1 aliphatic rings. The highest BCUT2D eigenvalue weighted by Crippen LogP contribution is 2.22. The van der Waals surface area contributed by atoms with Crippen LogP contribution >= 0.6 is 22.9 Å². The summed E-state index contributed by atoms with van der Waals surface area (Å²) in [6.07, 6.45) is 3.50. The van der Waals surface area contributed by atoms with Gasteiger partial charge in [-0.1, -0.05) is 17.7 Å². The molecule has 0 bridgehead atoms. The number of rotatable bonds is 5. The fourth-order valence-electron chi connectivity index (χ4n) is 2.78. The van der Waals surface area contributed by atoms with Crippen LogP contribution in [0.4, 0.5) is 5.69 Å². The van der Waals surface area contributed by atoms with Crippen LogP contribution in [0.3, 0.4) is 0 Å². The van der Waals surface area contributed by atoms with Crippen molar-refractivity contribution in [3.63, 3.8) is 0 Å². The van der Waals surface area contributed by atoms with Gasteiger partial charge in [-0.2, -0.15) is 0 Å². The van der Waals surface area contributed by atoms with Crippen molar-refractivity contribution in [1.82, 2.24) is 9.88 Å². The van der Waals surface area contributed by atoms with Crippen LogP contribution in [-0.2, 0) is 6.42 Å². The molecule has 0 unspecified atom stereocenters. The third-order valence-electron chi connectivity index (χ3n) is 3.97. The molecule has 1 amide bonds. The lowest BCUT2D eigenvalue weighted by molar-refractivity contribution is 0.103. The van der Waals surface area contributed by atoms with E-state index in [1.807, 2.05) is 19.1 Å². The summed E-state index contributed by atoms with van der Waals surface area (Å²) in [4.78, 5) is 20.1. The second-order valence-electron chi connectivity index (χ2n) is 5.79. The first kappa shape index (κ1) is 16.4. The quantitative estimate of drug-likeness (QED) is 0.887. The van der Waals surface area contributed by atoms with E-state index in [4.69, 9.17) is 11.6 Å². The van der Waals surface area contributed by atoms with E-state index in [1.54, 1.807) is 12.1 Å². The highest BCUT2D eigenvalue weighted by atomic mass is 35.5. The van der Waals surface area contributed by atoms with Crippen molar-refractivity contribution >= 4 is 34.5 Å². The van der Waals surface area contributed by atoms with Crippen LogP contribution in [0.25, 0.3) is 0 Å². The number of thiazole rings is 1. The SMILES string of the molecule is Cc1nc(CCN2CCCC2)sc1C(=O)Nc1cccc(Cl)c1. The van der Waals surface area contributed by atoms with Crippen molar-refractivity contribution < 1.29 is 4.79 Å². The van der Waals surface area contributed by atoms with E-state index < -0.39 is 0 Å². The van der Waals surface area contributed by atoms with Crippen molar-refractivity contribution in [2.24, 2.45) is 0 Å². The van der Waals surface area contributed by atoms with E-state index in [0.29, 0.717) is 15.6 Å². The number of benzene rings is 1. The lowest BCUT2D eigenvalue weighted by Gasteiger charge is -2.12. The maximum absolute atomic E-state index is 12.4. The Labute approximate surface area is 145 Å². The normalized spacial score (nSPS) is 15.0. The monoisotopic (exact) mass is 349 g/mol. The maximum atomic E-state index is 12.4. The summed E-state index contributed by atoms with van der Waals surface area (Å²) in [6.45, 7) is 5.30. The number of hydrogen-bond donors (Lipinski definition) is 1. The summed E-state index contributed by atoms with van der Waals surface area (Å²) >= 11 is 7.44. The van der Waals surface area contributed by atoms with Gasteiger partial charge in [-0.25, -0.2) is 4.98 Å². The number of carbonyl (C=O) groups is 1. The molecule has 23 heavy (non-hydrogen) atoms. The summed E-state index contributed by atoms with van der Waals surface area (Å²) in [5.41, 5.74) is 1.50. The zero-order valence-corrected chi connectivity index (χ0v) is 14.7. The standard InChI is InChI=1S/C17H20ClN3OS/c1-12-16(17(22)20-14-6-4-5-13(18)11-14)23-15(19-12)7-10-21-8-2-3-9-21/h4-6,11H,2-3,7-10H2,1H3,(H,20,22). The van der Waals surface area contributed by atoms with Crippen LogP contribution in [0.5, 0.6) is 0 Å². The number of aromatic nitrogens is 1. The molecule has 0 atom stereocenters. The van der Waals surface area contributed by atoms with Crippen LogP contribution in [0.15, 0.2) is 24.3 Å². The minimum Gasteiger partial charge on any atom is -0.321 e. The number of nitrogens with zero attached hydrogens (tertiary/aromatic N) is 2. The number of nitrogens with one attached hydrogen (secondary N) is 1. The van der Waals surface area contributed by atoms with Crippen LogP contribution in [0, 0.1) is 6.92 Å². The number of carbonyl (C=O) groups excluding carboxylic acids is 1. The molecule has 2 aromatic rings. The van der Waals surface area contributed by atoms with E-state index in [1.165, 1.54) is 37.3 Å². The molecule has 1 fully saturated rings. The van der Waals surface area contributed by atoms with Crippen molar-refractivity contribution in [3.8, 4) is 0 Å². The second-order valence-corrected chi connectivity index (χ2v) is 7.31. The van der Waals surface area contributed by atoms with Gasteiger partial charge in [0.1, 0.15) is 4.88 Å². The molecule has 1 saturated heterocycles. The van der Waals surface area contributed by atoms with Crippen molar-refractivity contribution in [1.29, 1.82) is 0 Å². The highest BCUT2D eigenvalue weighted by Gasteiger charge is 2.17. The Kier molecular flexibility index (Phi) is 5.30. The summed E-state index contributed by atoms with van der Waals surface area (Å²) < 4.78 is 0. The molecule has 6 heteroatoms. The average molecular weight is 350 g/mol. The number of halogens is 1. The molecule has 122 valence electrons. The van der Waals surface area contributed by atoms with Crippen molar-refractivity contribution in [2.75, 3.05) is 25.0 Å². The molecule has 0 spiro atoms. The molecular weight excluding hydrogens is 330 g/mol. The van der Waals surface area contributed by atoms with Gasteiger partial charge in [0.2, 0.25) is 0 Å². The first-order chi connectivity index (χ1) is 11.1. The minimum absolute atomic E-state index is 0.116. The smallest absolute Gasteiger partial charge is 0.267 e. The average Bonchev–Trinajstić information content (AvgIpc) is 3.14. The van der Waals surface area contributed by atoms with E-state index in [0.717, 1.165) is 23.7 Å². The topological polar surface area (TPSA) is 45.2 Å². The van der Waals surface area contributed by atoms with Gasteiger partial charge in [0, 0.05) is 23.7 Å². The molecular formula is C17H20ClN3OS. The molecule has 1 aromatic carbocycles. The predicted molar refractivity (Wildman–Crippen MR) is 95.6 cm³/mol. The molecule has 1 aromatic heterocycles. The van der Waals surface area contributed by atoms with E-state index >= 15 is 0 Å². The Morgan fingerprint density at radius 3 is 2.91 bits per heavy atom. The first-order valence-electron chi connectivity index (χ1n) is 7.87. The molecule has 2 heterocycles. The summed E-state index contributed by atoms with van der Waals surface area (Å²) in [6, 6.07) is 7.17. The number of aryl methyl sites for hydroxylation is 1. The van der Waals surface area contributed by atoms with Gasteiger partial charge in [0.25, 0.3) is 5.91 Å². The van der Waals surface area contributed by atoms with Crippen LogP contribution < -0.4 is 5.32 Å². The molecule has 4 nitrogen and oxygen atoms in total. The molecule has 0 saturated carbocycles. The van der Waals surface area contributed by atoms with Gasteiger partial charge in [0.05, 0.1) is 10.7 Å². The summed E-state index contributed by atoms with van der Waals surface area (Å²) in [5, 5.41) is 4.53. The molecule has 0 radical (unpaired) electrons. The number of anilines is 1. The molecule has 1 N–H and O–H groups in total. The predicted octanol–water partition coefficient (Wildman–Crippen LogP) is 4.00. The van der Waals surface area contributed by atoms with Crippen LogP contribution in [0.1, 0.15) is 33.2 Å². The van der Waals surface area contributed by atoms with Gasteiger partial charge in [-0.05, 0) is 51.1 Å². The van der Waals surface area contributed by atoms with Crippen molar-refractivity contribution in [2.45, 2.75) is 26.2 Å². The van der Waals surface area contributed by atoms with E-state index in [-0.39, 0.29) is 5.91 Å². The third-order valence-corrected chi connectivity index (χ3v) is 5.42. The lowest BCUT2D eigenvalue weighted by atomic mass is 10.3. The third kappa shape index (κ3) is 4.31. The summed E-state index contributed by atoms with van der Waals surface area (Å²) in [7, 11) is 0. The van der Waals surface area contributed by atoms with E-state index in [9.17, 15) is 4.79 Å².